The van der Waals surface area contributed by atoms with Gasteiger partial charge in [-0.2, -0.15) is 5.26 Å². The van der Waals surface area contributed by atoms with Crippen LogP contribution in [0, 0.1) is 11.3 Å². The highest BCUT2D eigenvalue weighted by Crippen LogP contribution is 2.06. The average molecular weight is 144 g/mol. The van der Waals surface area contributed by atoms with Crippen LogP contribution in [0.15, 0.2) is 42.6 Å². The quantitative estimate of drug-likeness (QED) is 0.645. The summed E-state index contributed by atoms with van der Waals surface area (Å²) >= 11 is 0. The summed E-state index contributed by atoms with van der Waals surface area (Å²) in [5, 5.41) is 11.2. The Balaban J connectivity index is 2.67. The standard InChI is InChI=1S/C9H8N2/c1-8(7-10)11-9-5-3-2-4-6-9/h2-6,11H,1H2. The van der Waals surface area contributed by atoms with E-state index in [1.54, 1.807) is 0 Å². The van der Waals surface area contributed by atoms with Crippen LogP contribution in [-0.4, -0.2) is 0 Å². The van der Waals surface area contributed by atoms with Crippen molar-refractivity contribution in [2.75, 3.05) is 5.32 Å². The van der Waals surface area contributed by atoms with E-state index in [1.165, 1.54) is 0 Å². The largest absolute Gasteiger partial charge is 0.347 e. The van der Waals surface area contributed by atoms with Gasteiger partial charge >= 0.3 is 0 Å². The van der Waals surface area contributed by atoms with Crippen LogP contribution >= 0.6 is 0 Å². The fourth-order valence-electron chi connectivity index (χ4n) is 0.724. The van der Waals surface area contributed by atoms with Gasteiger partial charge in [-0.15, -0.1) is 0 Å². The summed E-state index contributed by atoms with van der Waals surface area (Å²) in [4.78, 5) is 0. The number of nitrogens with one attached hydrogen (secondary N) is 1. The third-order valence-corrected chi connectivity index (χ3v) is 1.20. The van der Waals surface area contributed by atoms with Crippen LogP contribution in [-0.2, 0) is 0 Å². The van der Waals surface area contributed by atoms with Crippen molar-refractivity contribution in [2.24, 2.45) is 0 Å². The molecule has 1 rings (SSSR count). The van der Waals surface area contributed by atoms with Gasteiger partial charge in [0.2, 0.25) is 0 Å². The maximum atomic E-state index is 8.38. The molecule has 2 nitrogen and oxygen atoms in total. The number of benzene rings is 1. The molecule has 0 bridgehead atoms. The SMILES string of the molecule is C=C(C#N)Nc1ccccc1. The van der Waals surface area contributed by atoms with Gasteiger partial charge in [-0.1, -0.05) is 24.8 Å². The predicted octanol–water partition coefficient (Wildman–Crippen LogP) is 2.14. The predicted molar refractivity (Wildman–Crippen MR) is 44.8 cm³/mol. The first kappa shape index (κ1) is 7.36. The maximum Gasteiger partial charge on any atom is 0.117 e. The molecule has 0 amide bonds. The number of anilines is 1. The summed E-state index contributed by atoms with van der Waals surface area (Å²) in [6.07, 6.45) is 0. The zero-order valence-electron chi connectivity index (χ0n) is 6.04. The van der Waals surface area contributed by atoms with Crippen molar-refractivity contribution >= 4 is 5.69 Å². The van der Waals surface area contributed by atoms with E-state index in [0.717, 1.165) is 5.69 Å². The van der Waals surface area contributed by atoms with Crippen LogP contribution in [0.3, 0.4) is 0 Å². The molecule has 0 saturated carbocycles. The van der Waals surface area contributed by atoms with Crippen molar-refractivity contribution in [1.82, 2.24) is 0 Å². The van der Waals surface area contributed by atoms with Crippen LogP contribution in [0.1, 0.15) is 0 Å². The molecule has 0 unspecified atom stereocenters. The van der Waals surface area contributed by atoms with Crippen LogP contribution < -0.4 is 5.32 Å². The minimum absolute atomic E-state index is 0.358. The first-order valence-corrected chi connectivity index (χ1v) is 3.24. The zero-order valence-corrected chi connectivity index (χ0v) is 6.04. The molecule has 1 aromatic rings. The number of para-hydroxylation sites is 1. The van der Waals surface area contributed by atoms with Crippen molar-refractivity contribution in [2.45, 2.75) is 0 Å². The van der Waals surface area contributed by atoms with E-state index in [-0.39, 0.29) is 0 Å². The summed E-state index contributed by atoms with van der Waals surface area (Å²) in [5.41, 5.74) is 1.25. The molecule has 0 heterocycles. The second-order valence-electron chi connectivity index (χ2n) is 2.08. The van der Waals surface area contributed by atoms with E-state index >= 15 is 0 Å². The Morgan fingerprint density at radius 3 is 2.55 bits per heavy atom. The van der Waals surface area contributed by atoms with Crippen LogP contribution in [0.25, 0.3) is 0 Å². The lowest BCUT2D eigenvalue weighted by molar-refractivity contribution is 1.44. The Morgan fingerprint density at radius 2 is 2.00 bits per heavy atom. The highest BCUT2D eigenvalue weighted by atomic mass is 14.9. The third kappa shape index (κ3) is 2.15. The first-order valence-electron chi connectivity index (χ1n) is 3.24. The number of hydrogen-bond donors (Lipinski definition) is 1. The molecule has 11 heavy (non-hydrogen) atoms. The molecular weight excluding hydrogens is 136 g/mol. The maximum absolute atomic E-state index is 8.38. The van der Waals surface area contributed by atoms with Gasteiger partial charge in [0.05, 0.1) is 0 Å². The monoisotopic (exact) mass is 144 g/mol. The lowest BCUT2D eigenvalue weighted by Crippen LogP contribution is -1.93. The van der Waals surface area contributed by atoms with E-state index in [2.05, 4.69) is 11.9 Å². The second kappa shape index (κ2) is 3.43. The Labute approximate surface area is 65.8 Å². The molecular formula is C9H8N2. The molecule has 0 radical (unpaired) electrons. The molecule has 0 aliphatic carbocycles. The van der Waals surface area contributed by atoms with Crippen molar-refractivity contribution in [1.29, 1.82) is 5.26 Å². The molecule has 0 atom stereocenters. The molecule has 2 heteroatoms. The highest BCUT2D eigenvalue weighted by Gasteiger charge is 1.89. The van der Waals surface area contributed by atoms with Gasteiger partial charge in [0.1, 0.15) is 11.8 Å². The van der Waals surface area contributed by atoms with Gasteiger partial charge < -0.3 is 5.32 Å². The Kier molecular flexibility index (Phi) is 2.29. The van der Waals surface area contributed by atoms with E-state index in [9.17, 15) is 0 Å². The van der Waals surface area contributed by atoms with Gasteiger partial charge in [-0.3, -0.25) is 0 Å². The highest BCUT2D eigenvalue weighted by molar-refractivity contribution is 5.50. The first-order chi connectivity index (χ1) is 5.33. The Bertz CT molecular complexity index is 282. The summed E-state index contributed by atoms with van der Waals surface area (Å²) < 4.78 is 0. The molecule has 0 fully saturated rings. The third-order valence-electron chi connectivity index (χ3n) is 1.20. The number of nitrogens with zero attached hydrogens (tertiary/aromatic N) is 1. The normalized spacial score (nSPS) is 8.27. The minimum Gasteiger partial charge on any atom is -0.347 e. The van der Waals surface area contributed by atoms with Gasteiger partial charge in [0.25, 0.3) is 0 Å². The molecule has 0 spiro atoms. The van der Waals surface area contributed by atoms with Crippen LogP contribution in [0.4, 0.5) is 5.69 Å². The fraction of sp³-hybridized carbons (Fsp3) is 0. The molecule has 0 aliphatic rings. The van der Waals surface area contributed by atoms with Crippen molar-refractivity contribution < 1.29 is 0 Å². The lowest BCUT2D eigenvalue weighted by Gasteiger charge is -2.00. The van der Waals surface area contributed by atoms with Crippen molar-refractivity contribution in [3.63, 3.8) is 0 Å². The van der Waals surface area contributed by atoms with Crippen molar-refractivity contribution in [3.05, 3.63) is 42.6 Å². The Morgan fingerprint density at radius 1 is 1.36 bits per heavy atom. The topological polar surface area (TPSA) is 35.8 Å². The number of nitriles is 1. The van der Waals surface area contributed by atoms with E-state index < -0.39 is 0 Å². The molecule has 54 valence electrons. The lowest BCUT2D eigenvalue weighted by atomic mass is 10.3. The average Bonchev–Trinajstić information content (AvgIpc) is 2.06. The smallest absolute Gasteiger partial charge is 0.117 e. The number of rotatable bonds is 2. The molecule has 1 aromatic carbocycles. The van der Waals surface area contributed by atoms with Crippen LogP contribution in [0.2, 0.25) is 0 Å². The van der Waals surface area contributed by atoms with Crippen molar-refractivity contribution in [3.8, 4) is 6.07 Å². The summed E-state index contributed by atoms with van der Waals surface area (Å²) in [5.74, 6) is 0. The molecule has 1 N–H and O–H groups in total. The van der Waals surface area contributed by atoms with Gasteiger partial charge in [0, 0.05) is 5.69 Å². The van der Waals surface area contributed by atoms with Gasteiger partial charge in [-0.05, 0) is 12.1 Å². The zero-order chi connectivity index (χ0) is 8.10. The molecule has 0 saturated heterocycles. The second-order valence-corrected chi connectivity index (χ2v) is 2.08. The van der Waals surface area contributed by atoms with Crippen LogP contribution in [0.5, 0.6) is 0 Å². The minimum atomic E-state index is 0.358. The van der Waals surface area contributed by atoms with Gasteiger partial charge in [0.15, 0.2) is 0 Å². The molecule has 0 aromatic heterocycles. The number of hydrogen-bond acceptors (Lipinski definition) is 2. The van der Waals surface area contributed by atoms with E-state index in [0.29, 0.717) is 5.70 Å². The summed E-state index contributed by atoms with van der Waals surface area (Å²) in [6.45, 7) is 3.50. The fourth-order valence-corrected chi connectivity index (χ4v) is 0.724. The molecule has 0 aliphatic heterocycles. The van der Waals surface area contributed by atoms with Gasteiger partial charge in [-0.25, -0.2) is 0 Å². The Hall–Kier alpha value is -1.75. The van der Waals surface area contributed by atoms with E-state index in [1.807, 2.05) is 36.4 Å². The summed E-state index contributed by atoms with van der Waals surface area (Å²) in [6, 6.07) is 11.4. The van der Waals surface area contributed by atoms with E-state index in [4.69, 9.17) is 5.26 Å². The summed E-state index contributed by atoms with van der Waals surface area (Å²) in [7, 11) is 0. The number of allylic oxidation sites excluding steroid dienone is 1.